The molecular weight excluding hydrogens is 490 g/mol. The normalized spacial score (nSPS) is 15.1. The fourth-order valence-corrected chi connectivity index (χ4v) is 3.75. The maximum Gasteiger partial charge on any atom is 0.573 e. The van der Waals surface area contributed by atoms with Gasteiger partial charge in [-0.25, -0.2) is 0 Å². The summed E-state index contributed by atoms with van der Waals surface area (Å²) in [6.07, 6.45) is -7.17. The summed E-state index contributed by atoms with van der Waals surface area (Å²) in [5, 5.41) is -0.169. The highest BCUT2D eigenvalue weighted by Crippen LogP contribution is 2.44. The predicted octanol–water partition coefficient (Wildman–Crippen LogP) is 7.29. The van der Waals surface area contributed by atoms with Gasteiger partial charge in [-0.05, 0) is 54.7 Å². The largest absolute Gasteiger partial charge is 0.573 e. The molecule has 3 rings (SSSR count). The van der Waals surface area contributed by atoms with Gasteiger partial charge in [0.2, 0.25) is 0 Å². The molecule has 1 atom stereocenters. The fourth-order valence-electron chi connectivity index (χ4n) is 3.47. The van der Waals surface area contributed by atoms with E-state index in [1.165, 1.54) is 24.3 Å². The standard InChI is InChI=1S/C23H21ClF6O4/c1-2-32-21(31)18(9-13-3-4-13)15-10-17(20(19(24)11-15)33-12-22(25,26)27)14-5-7-16(8-6-14)34-23(28,29)30/h5-8,10-11,13,18H,2-4,9,12H2,1H3. The van der Waals surface area contributed by atoms with Crippen molar-refractivity contribution in [3.63, 3.8) is 0 Å². The highest BCUT2D eigenvalue weighted by atomic mass is 35.5. The zero-order chi connectivity index (χ0) is 25.1. The average molecular weight is 511 g/mol. The van der Waals surface area contributed by atoms with Gasteiger partial charge < -0.3 is 14.2 Å². The number of carbonyl (C=O) groups is 1. The van der Waals surface area contributed by atoms with Gasteiger partial charge in [0.1, 0.15) is 11.5 Å². The first-order valence-electron chi connectivity index (χ1n) is 10.4. The van der Waals surface area contributed by atoms with Crippen LogP contribution >= 0.6 is 11.6 Å². The molecule has 2 aromatic rings. The highest BCUT2D eigenvalue weighted by molar-refractivity contribution is 6.32. The second kappa shape index (κ2) is 10.3. The summed E-state index contributed by atoms with van der Waals surface area (Å²) < 4.78 is 89.8. The van der Waals surface area contributed by atoms with Crippen LogP contribution in [0.2, 0.25) is 5.02 Å². The summed E-state index contributed by atoms with van der Waals surface area (Å²) in [7, 11) is 0. The minimum Gasteiger partial charge on any atom is -0.482 e. The van der Waals surface area contributed by atoms with E-state index in [9.17, 15) is 31.1 Å². The first-order valence-corrected chi connectivity index (χ1v) is 10.8. The van der Waals surface area contributed by atoms with Crippen molar-refractivity contribution in [3.8, 4) is 22.6 Å². The van der Waals surface area contributed by atoms with Crippen LogP contribution in [0.15, 0.2) is 36.4 Å². The second-order valence-electron chi connectivity index (χ2n) is 7.84. The topological polar surface area (TPSA) is 44.8 Å². The third-order valence-corrected chi connectivity index (χ3v) is 5.37. The minimum atomic E-state index is -4.90. The van der Waals surface area contributed by atoms with Gasteiger partial charge in [0.15, 0.2) is 6.61 Å². The summed E-state index contributed by atoms with van der Waals surface area (Å²) in [4.78, 5) is 12.6. The number of rotatable bonds is 9. The number of halogens is 7. The summed E-state index contributed by atoms with van der Waals surface area (Å²) in [5.74, 6) is -1.69. The molecule has 1 fully saturated rings. The molecular formula is C23H21ClF6O4. The lowest BCUT2D eigenvalue weighted by Crippen LogP contribution is -2.20. The van der Waals surface area contributed by atoms with Crippen LogP contribution in [-0.4, -0.2) is 31.7 Å². The molecule has 34 heavy (non-hydrogen) atoms. The Morgan fingerprint density at radius 2 is 1.74 bits per heavy atom. The van der Waals surface area contributed by atoms with Crippen LogP contribution in [0.3, 0.4) is 0 Å². The van der Waals surface area contributed by atoms with Crippen molar-refractivity contribution >= 4 is 17.6 Å². The van der Waals surface area contributed by atoms with Crippen LogP contribution in [0.25, 0.3) is 11.1 Å². The zero-order valence-corrected chi connectivity index (χ0v) is 18.7. The van der Waals surface area contributed by atoms with Crippen molar-refractivity contribution in [2.45, 2.75) is 44.6 Å². The van der Waals surface area contributed by atoms with Gasteiger partial charge in [0.25, 0.3) is 0 Å². The Morgan fingerprint density at radius 3 is 2.26 bits per heavy atom. The van der Waals surface area contributed by atoms with E-state index in [0.717, 1.165) is 25.0 Å². The Bertz CT molecular complexity index is 1000. The van der Waals surface area contributed by atoms with Crippen LogP contribution in [-0.2, 0) is 9.53 Å². The summed E-state index contributed by atoms with van der Waals surface area (Å²) >= 11 is 6.29. The van der Waals surface area contributed by atoms with E-state index in [2.05, 4.69) is 4.74 Å². The molecule has 1 aliphatic rings. The number of alkyl halides is 6. The molecule has 0 aliphatic heterocycles. The fraction of sp³-hybridized carbons (Fsp3) is 0.435. The maximum atomic E-state index is 12.8. The van der Waals surface area contributed by atoms with Crippen molar-refractivity contribution in [3.05, 3.63) is 47.0 Å². The SMILES string of the molecule is CCOC(=O)C(CC1CC1)c1cc(Cl)c(OCC(F)(F)F)c(-c2ccc(OC(F)(F)F)cc2)c1. The van der Waals surface area contributed by atoms with E-state index in [0.29, 0.717) is 17.9 Å². The first kappa shape index (κ1) is 26.0. The van der Waals surface area contributed by atoms with Crippen molar-refractivity contribution in [2.75, 3.05) is 13.2 Å². The molecule has 11 heteroatoms. The quantitative estimate of drug-likeness (QED) is 0.262. The zero-order valence-electron chi connectivity index (χ0n) is 17.9. The van der Waals surface area contributed by atoms with Crippen LogP contribution < -0.4 is 9.47 Å². The molecule has 1 unspecified atom stereocenters. The van der Waals surface area contributed by atoms with Crippen LogP contribution in [0.5, 0.6) is 11.5 Å². The number of ether oxygens (including phenoxy) is 3. The Balaban J connectivity index is 2.04. The number of hydrogen-bond donors (Lipinski definition) is 0. The van der Waals surface area contributed by atoms with Crippen LogP contribution in [0, 0.1) is 5.92 Å². The van der Waals surface area contributed by atoms with Gasteiger partial charge in [-0.15, -0.1) is 13.2 Å². The van der Waals surface area contributed by atoms with Crippen LogP contribution in [0.1, 0.15) is 37.7 Å². The summed E-state index contributed by atoms with van der Waals surface area (Å²) in [5.41, 5.74) is 0.736. The predicted molar refractivity (Wildman–Crippen MR) is 112 cm³/mol. The Kier molecular flexibility index (Phi) is 7.90. The molecule has 0 saturated heterocycles. The number of hydrogen-bond acceptors (Lipinski definition) is 4. The van der Waals surface area contributed by atoms with Crippen molar-refractivity contribution in [2.24, 2.45) is 5.92 Å². The van der Waals surface area contributed by atoms with Gasteiger partial charge >= 0.3 is 18.5 Å². The lowest BCUT2D eigenvalue weighted by atomic mass is 9.90. The first-order chi connectivity index (χ1) is 15.9. The van der Waals surface area contributed by atoms with Gasteiger partial charge in [-0.1, -0.05) is 36.6 Å². The lowest BCUT2D eigenvalue weighted by molar-refractivity contribution is -0.274. The number of carbonyl (C=O) groups excluding carboxylic acids is 1. The van der Waals surface area contributed by atoms with Gasteiger partial charge in [-0.2, -0.15) is 13.2 Å². The summed E-state index contributed by atoms with van der Waals surface area (Å²) in [6.45, 7) is 0.175. The van der Waals surface area contributed by atoms with E-state index < -0.39 is 36.8 Å². The van der Waals surface area contributed by atoms with Crippen molar-refractivity contribution in [1.82, 2.24) is 0 Å². The van der Waals surface area contributed by atoms with E-state index in [1.54, 1.807) is 6.92 Å². The molecule has 0 amide bonds. The monoisotopic (exact) mass is 510 g/mol. The third kappa shape index (κ3) is 7.44. The van der Waals surface area contributed by atoms with Gasteiger partial charge in [0, 0.05) is 5.56 Å². The van der Waals surface area contributed by atoms with Crippen molar-refractivity contribution < 1.29 is 45.3 Å². The van der Waals surface area contributed by atoms with E-state index in [1.807, 2.05) is 0 Å². The molecule has 186 valence electrons. The lowest BCUT2D eigenvalue weighted by Gasteiger charge is -2.20. The van der Waals surface area contributed by atoms with Gasteiger partial charge in [-0.3, -0.25) is 4.79 Å². The highest BCUT2D eigenvalue weighted by Gasteiger charge is 2.34. The van der Waals surface area contributed by atoms with Crippen LogP contribution in [0.4, 0.5) is 26.3 Å². The molecule has 2 aromatic carbocycles. The molecule has 0 bridgehead atoms. The number of esters is 1. The number of benzene rings is 2. The van der Waals surface area contributed by atoms with E-state index in [4.69, 9.17) is 21.1 Å². The van der Waals surface area contributed by atoms with E-state index in [-0.39, 0.29) is 28.5 Å². The maximum absolute atomic E-state index is 12.8. The molecule has 0 radical (unpaired) electrons. The molecule has 4 nitrogen and oxygen atoms in total. The summed E-state index contributed by atoms with van der Waals surface area (Å²) in [6, 6.07) is 7.32. The Labute approximate surface area is 196 Å². The molecule has 0 heterocycles. The molecule has 0 N–H and O–H groups in total. The van der Waals surface area contributed by atoms with Gasteiger partial charge in [0.05, 0.1) is 17.5 Å². The second-order valence-corrected chi connectivity index (χ2v) is 8.25. The van der Waals surface area contributed by atoms with E-state index >= 15 is 0 Å². The Morgan fingerprint density at radius 1 is 1.09 bits per heavy atom. The van der Waals surface area contributed by atoms with Crippen molar-refractivity contribution in [1.29, 1.82) is 0 Å². The molecule has 1 saturated carbocycles. The molecule has 0 aromatic heterocycles. The smallest absolute Gasteiger partial charge is 0.482 e. The average Bonchev–Trinajstić information content (AvgIpc) is 3.54. The third-order valence-electron chi connectivity index (χ3n) is 5.08. The molecule has 0 spiro atoms. The Hall–Kier alpha value is -2.62. The minimum absolute atomic E-state index is 0.0930. The molecule has 1 aliphatic carbocycles.